The number of anilines is 1. The first-order valence-corrected chi connectivity index (χ1v) is 14.4. The Kier molecular flexibility index (Phi) is 9.92. The number of aromatic nitrogens is 4. The van der Waals surface area contributed by atoms with Gasteiger partial charge in [-0.15, -0.1) is 11.3 Å². The number of hydrogen-bond donors (Lipinski definition) is 2. The fourth-order valence-corrected chi connectivity index (χ4v) is 5.84. The van der Waals surface area contributed by atoms with Crippen molar-refractivity contribution in [3.63, 3.8) is 0 Å². The van der Waals surface area contributed by atoms with Crippen molar-refractivity contribution < 1.29 is 4.79 Å². The van der Waals surface area contributed by atoms with Crippen LogP contribution in [0.2, 0.25) is 6.32 Å². The SMILES string of the molecule is CC.Cn1cc(-c2cnc(NCCc3ccccc3)c(=O)n2CC(=O)NCc2cc3c(s2)CCB(C#N)C3)cn1. The summed E-state index contributed by atoms with van der Waals surface area (Å²) in [5.41, 5.74) is 3.25. The molecule has 1 amide bonds. The van der Waals surface area contributed by atoms with Crippen LogP contribution in [0.3, 0.4) is 0 Å². The summed E-state index contributed by atoms with van der Waals surface area (Å²) < 4.78 is 3.09. The summed E-state index contributed by atoms with van der Waals surface area (Å²) in [6.07, 6.45) is 8.36. The molecule has 1 aromatic carbocycles. The van der Waals surface area contributed by atoms with Gasteiger partial charge < -0.3 is 10.6 Å². The van der Waals surface area contributed by atoms with E-state index in [9.17, 15) is 14.9 Å². The number of hydrogen-bond acceptors (Lipinski definition) is 7. The third-order valence-electron chi connectivity index (χ3n) is 6.68. The number of carbonyl (C=O) groups excluding carboxylic acids is 1. The summed E-state index contributed by atoms with van der Waals surface area (Å²) in [4.78, 5) is 33.2. The lowest BCUT2D eigenvalue weighted by Gasteiger charge is -2.14. The Morgan fingerprint density at radius 3 is 2.75 bits per heavy atom. The molecule has 4 heterocycles. The summed E-state index contributed by atoms with van der Waals surface area (Å²) in [6.45, 7) is 4.86. The van der Waals surface area contributed by atoms with Crippen molar-refractivity contribution in [3.05, 3.63) is 86.2 Å². The average molecular weight is 556 g/mol. The molecule has 0 radical (unpaired) electrons. The van der Waals surface area contributed by atoms with E-state index in [-0.39, 0.29) is 30.5 Å². The molecule has 0 fully saturated rings. The molecule has 5 rings (SSSR count). The lowest BCUT2D eigenvalue weighted by Crippen LogP contribution is -2.34. The van der Waals surface area contributed by atoms with Gasteiger partial charge in [-0.1, -0.05) is 50.5 Å². The Morgan fingerprint density at radius 1 is 1.23 bits per heavy atom. The van der Waals surface area contributed by atoms with E-state index < -0.39 is 0 Å². The van der Waals surface area contributed by atoms with Crippen LogP contribution in [-0.4, -0.2) is 38.5 Å². The van der Waals surface area contributed by atoms with E-state index in [1.165, 1.54) is 15.0 Å². The van der Waals surface area contributed by atoms with Gasteiger partial charge in [0.15, 0.2) is 5.82 Å². The van der Waals surface area contributed by atoms with Gasteiger partial charge in [0.05, 0.1) is 24.6 Å². The standard InChI is InChI=1S/C27H28BN7O2S.C2H6/c1-34-16-21(13-33-34)23-15-32-26(30-10-8-19-5-3-2-4-6-19)27(37)35(23)17-25(36)31-14-22-11-20-12-28(18-29)9-7-24(20)38-22;1-2/h2-6,11,13,15-16H,7-10,12,14,17H2,1H3,(H,30,32)(H,31,36);1-2H3. The number of rotatable bonds is 9. The van der Waals surface area contributed by atoms with Gasteiger partial charge in [-0.25, -0.2) is 10.2 Å². The maximum Gasteiger partial charge on any atom is 0.294 e. The van der Waals surface area contributed by atoms with E-state index in [2.05, 4.69) is 32.8 Å². The number of nitrogens with zero attached hydrogens (tertiary/aromatic N) is 5. The molecule has 1 aliphatic heterocycles. The van der Waals surface area contributed by atoms with E-state index in [1.807, 2.05) is 44.2 Å². The summed E-state index contributed by atoms with van der Waals surface area (Å²) in [6, 6.07) is 12.1. The molecule has 0 aliphatic carbocycles. The van der Waals surface area contributed by atoms with Crippen LogP contribution in [0.5, 0.6) is 0 Å². The van der Waals surface area contributed by atoms with Crippen molar-refractivity contribution in [2.24, 2.45) is 7.05 Å². The van der Waals surface area contributed by atoms with Gasteiger partial charge in [0.1, 0.15) is 6.54 Å². The largest absolute Gasteiger partial charge is 0.365 e. The second kappa shape index (κ2) is 13.8. The van der Waals surface area contributed by atoms with Gasteiger partial charge in [-0.3, -0.25) is 18.8 Å². The van der Waals surface area contributed by atoms with Crippen LogP contribution in [0.25, 0.3) is 11.3 Å². The molecule has 0 saturated heterocycles. The van der Waals surface area contributed by atoms with Crippen molar-refractivity contribution in [1.29, 1.82) is 5.26 Å². The van der Waals surface area contributed by atoms with E-state index >= 15 is 0 Å². The van der Waals surface area contributed by atoms with Crippen LogP contribution in [0.15, 0.2) is 59.8 Å². The number of aryl methyl sites for hydroxylation is 2. The van der Waals surface area contributed by atoms with E-state index in [4.69, 9.17) is 0 Å². The van der Waals surface area contributed by atoms with Crippen molar-refractivity contribution in [3.8, 4) is 17.2 Å². The fourth-order valence-electron chi connectivity index (χ4n) is 4.69. The molecule has 0 atom stereocenters. The van der Waals surface area contributed by atoms with E-state index in [0.717, 1.165) is 35.9 Å². The number of benzene rings is 1. The van der Waals surface area contributed by atoms with E-state index in [1.54, 1.807) is 41.7 Å². The number of nitriles is 1. The van der Waals surface area contributed by atoms with Gasteiger partial charge in [0.25, 0.3) is 12.3 Å². The molecule has 3 aromatic heterocycles. The van der Waals surface area contributed by atoms with Gasteiger partial charge in [-0.05, 0) is 36.4 Å². The Balaban J connectivity index is 0.00000181. The predicted molar refractivity (Wildman–Crippen MR) is 160 cm³/mol. The molecule has 0 bridgehead atoms. The summed E-state index contributed by atoms with van der Waals surface area (Å²) in [7, 11) is 1.80. The zero-order valence-corrected chi connectivity index (χ0v) is 24.0. The second-order valence-corrected chi connectivity index (χ2v) is 10.7. The van der Waals surface area contributed by atoms with Gasteiger partial charge >= 0.3 is 0 Å². The monoisotopic (exact) mass is 555 g/mol. The highest BCUT2D eigenvalue weighted by molar-refractivity contribution is 7.12. The molecule has 40 heavy (non-hydrogen) atoms. The summed E-state index contributed by atoms with van der Waals surface area (Å²) >= 11 is 1.69. The second-order valence-electron chi connectivity index (χ2n) is 9.46. The van der Waals surface area contributed by atoms with Crippen molar-refractivity contribution >= 4 is 29.8 Å². The number of carbonyl (C=O) groups is 1. The molecule has 0 spiro atoms. The predicted octanol–water partition coefficient (Wildman–Crippen LogP) is 3.90. The molecule has 11 heteroatoms. The third kappa shape index (κ3) is 7.07. The van der Waals surface area contributed by atoms with Crippen LogP contribution < -0.4 is 16.2 Å². The first kappa shape index (κ1) is 28.8. The molecule has 0 unspecified atom stereocenters. The average Bonchev–Trinajstić information content (AvgIpc) is 3.60. The zero-order valence-electron chi connectivity index (χ0n) is 23.2. The molecule has 2 N–H and O–H groups in total. The van der Waals surface area contributed by atoms with Crippen molar-refractivity contribution in [1.82, 2.24) is 24.6 Å². The zero-order chi connectivity index (χ0) is 28.5. The van der Waals surface area contributed by atoms with Crippen LogP contribution in [0.1, 0.15) is 34.7 Å². The molecule has 1 aliphatic rings. The Morgan fingerprint density at radius 2 is 2.02 bits per heavy atom. The minimum absolute atomic E-state index is 0.0690. The maximum absolute atomic E-state index is 13.4. The van der Waals surface area contributed by atoms with E-state index in [0.29, 0.717) is 24.3 Å². The maximum atomic E-state index is 13.4. The molecule has 4 aromatic rings. The van der Waals surface area contributed by atoms with Gasteiger partial charge in [-0.2, -0.15) is 5.10 Å². The quantitative estimate of drug-likeness (QED) is 0.303. The van der Waals surface area contributed by atoms with Crippen molar-refractivity contribution in [2.75, 3.05) is 11.9 Å². The summed E-state index contributed by atoms with van der Waals surface area (Å²) in [5.74, 6) is 2.31. The number of amides is 1. The van der Waals surface area contributed by atoms with Gasteiger partial charge in [0, 0.05) is 41.1 Å². The van der Waals surface area contributed by atoms with Crippen molar-refractivity contribution in [2.45, 2.75) is 52.4 Å². The summed E-state index contributed by atoms with van der Waals surface area (Å²) in [5, 5.41) is 19.5. The molecular weight excluding hydrogens is 521 g/mol. The number of fused-ring (bicyclic) bond motifs is 1. The Bertz CT molecular complexity index is 1540. The fraction of sp³-hybridized carbons (Fsp3) is 0.345. The number of thiophene rings is 1. The van der Waals surface area contributed by atoms with Crippen LogP contribution in [0, 0.1) is 11.2 Å². The highest BCUT2D eigenvalue weighted by Crippen LogP contribution is 2.29. The first-order chi connectivity index (χ1) is 19.5. The Hall–Kier alpha value is -4.17. The Labute approximate surface area is 239 Å². The molecule has 0 saturated carbocycles. The normalized spacial score (nSPS) is 12.1. The minimum Gasteiger partial charge on any atom is -0.365 e. The topological polar surface area (TPSA) is 118 Å². The molecule has 206 valence electrons. The number of nitrogens with one attached hydrogen (secondary N) is 2. The minimum atomic E-state index is -0.358. The lowest BCUT2D eigenvalue weighted by molar-refractivity contribution is -0.121. The van der Waals surface area contributed by atoms with Crippen LogP contribution in [0.4, 0.5) is 5.82 Å². The molecule has 9 nitrogen and oxygen atoms in total. The van der Waals surface area contributed by atoms with Crippen LogP contribution >= 0.6 is 11.3 Å². The third-order valence-corrected chi connectivity index (χ3v) is 7.92. The first-order valence-electron chi connectivity index (χ1n) is 13.6. The van der Waals surface area contributed by atoms with Gasteiger partial charge in [0.2, 0.25) is 5.91 Å². The smallest absolute Gasteiger partial charge is 0.294 e. The highest BCUT2D eigenvalue weighted by Gasteiger charge is 2.24. The highest BCUT2D eigenvalue weighted by atomic mass is 32.1. The molecular formula is C29H34BN7O2S. The lowest BCUT2D eigenvalue weighted by atomic mass is 9.43. The van der Waals surface area contributed by atoms with Crippen LogP contribution in [-0.2, 0) is 44.1 Å².